The second-order valence-corrected chi connectivity index (χ2v) is 7.14. The smallest absolute Gasteiger partial charge is 0.160 e. The van der Waals surface area contributed by atoms with Crippen LogP contribution in [-0.4, -0.2) is 38.6 Å². The molecule has 0 saturated carbocycles. The van der Waals surface area contributed by atoms with E-state index in [0.29, 0.717) is 12.0 Å². The minimum Gasteiger partial charge on any atom is -0.306 e. The normalized spacial score (nSPS) is 21.6. The molecule has 1 aliphatic heterocycles. The van der Waals surface area contributed by atoms with Crippen molar-refractivity contribution in [2.75, 3.05) is 13.1 Å². The molecule has 25 heavy (non-hydrogen) atoms. The predicted octanol–water partition coefficient (Wildman–Crippen LogP) is 2.73. The molecule has 1 aliphatic rings. The summed E-state index contributed by atoms with van der Waals surface area (Å²) in [4.78, 5) is 2.56. The first kappa shape index (κ1) is 16.2. The number of hydrogen-bond donors (Lipinski definition) is 1. The Labute approximate surface area is 148 Å². The Morgan fingerprint density at radius 3 is 2.76 bits per heavy atom. The van der Waals surface area contributed by atoms with Crippen LogP contribution in [0.4, 0.5) is 0 Å². The van der Waals surface area contributed by atoms with Crippen molar-refractivity contribution >= 4 is 5.65 Å². The summed E-state index contributed by atoms with van der Waals surface area (Å²) in [6.07, 6.45) is 3.24. The second kappa shape index (κ2) is 7.33. The molecule has 130 valence electrons. The molecule has 1 aromatic carbocycles. The van der Waals surface area contributed by atoms with Gasteiger partial charge in [-0.2, -0.15) is 0 Å². The molecule has 5 heteroatoms. The van der Waals surface area contributed by atoms with Gasteiger partial charge in [-0.15, -0.1) is 10.2 Å². The number of aromatic nitrogens is 3. The zero-order chi connectivity index (χ0) is 17.1. The molecule has 1 N–H and O–H groups in total. The number of likely N-dealkylation sites (tertiary alicyclic amines) is 1. The van der Waals surface area contributed by atoms with Crippen molar-refractivity contribution in [2.45, 2.75) is 32.5 Å². The SMILES string of the molecule is C[C@H]1C[C@@H](NCc2nnc3ccccn23)CN(Cc2ccccc2)C1. The summed E-state index contributed by atoms with van der Waals surface area (Å²) in [6.45, 7) is 6.37. The summed E-state index contributed by atoms with van der Waals surface area (Å²) in [5, 5.41) is 12.3. The topological polar surface area (TPSA) is 45.5 Å². The lowest BCUT2D eigenvalue weighted by Gasteiger charge is -2.37. The van der Waals surface area contributed by atoms with E-state index in [2.05, 4.69) is 62.1 Å². The van der Waals surface area contributed by atoms with E-state index in [1.54, 1.807) is 0 Å². The first-order valence-electron chi connectivity index (χ1n) is 9.06. The van der Waals surface area contributed by atoms with E-state index < -0.39 is 0 Å². The number of hydrogen-bond acceptors (Lipinski definition) is 4. The van der Waals surface area contributed by atoms with Crippen molar-refractivity contribution in [3.63, 3.8) is 0 Å². The van der Waals surface area contributed by atoms with Gasteiger partial charge in [0.05, 0.1) is 6.54 Å². The quantitative estimate of drug-likeness (QED) is 0.779. The molecule has 5 nitrogen and oxygen atoms in total. The van der Waals surface area contributed by atoms with Crippen LogP contribution in [0.5, 0.6) is 0 Å². The van der Waals surface area contributed by atoms with Crippen LogP contribution in [0.1, 0.15) is 24.7 Å². The molecule has 0 amide bonds. The first-order valence-corrected chi connectivity index (χ1v) is 9.06. The maximum absolute atomic E-state index is 4.32. The summed E-state index contributed by atoms with van der Waals surface area (Å²) in [5.74, 6) is 1.67. The van der Waals surface area contributed by atoms with Crippen molar-refractivity contribution < 1.29 is 0 Å². The molecule has 2 aromatic heterocycles. The van der Waals surface area contributed by atoms with Gasteiger partial charge in [0.25, 0.3) is 0 Å². The Kier molecular flexibility index (Phi) is 4.76. The van der Waals surface area contributed by atoms with Gasteiger partial charge in [-0.25, -0.2) is 0 Å². The van der Waals surface area contributed by atoms with Crippen molar-refractivity contribution in [2.24, 2.45) is 5.92 Å². The highest BCUT2D eigenvalue weighted by molar-refractivity contribution is 5.36. The van der Waals surface area contributed by atoms with Crippen molar-refractivity contribution in [1.29, 1.82) is 0 Å². The molecule has 0 bridgehead atoms. The van der Waals surface area contributed by atoms with Crippen LogP contribution in [0.2, 0.25) is 0 Å². The Bertz CT molecular complexity index is 813. The molecule has 0 radical (unpaired) electrons. The van der Waals surface area contributed by atoms with Crippen molar-refractivity contribution in [1.82, 2.24) is 24.8 Å². The fourth-order valence-electron chi connectivity index (χ4n) is 3.83. The first-order chi connectivity index (χ1) is 12.3. The molecule has 1 fully saturated rings. The van der Waals surface area contributed by atoms with Gasteiger partial charge in [-0.3, -0.25) is 9.30 Å². The highest BCUT2D eigenvalue weighted by atomic mass is 15.3. The van der Waals surface area contributed by atoms with Gasteiger partial charge in [-0.1, -0.05) is 43.3 Å². The molecular formula is C20H25N5. The molecule has 1 saturated heterocycles. The average Bonchev–Trinajstić information content (AvgIpc) is 3.04. The summed E-state index contributed by atoms with van der Waals surface area (Å²) >= 11 is 0. The number of benzene rings is 1. The van der Waals surface area contributed by atoms with E-state index in [4.69, 9.17) is 0 Å². The van der Waals surface area contributed by atoms with E-state index in [9.17, 15) is 0 Å². The minimum atomic E-state index is 0.489. The summed E-state index contributed by atoms with van der Waals surface area (Å²) in [7, 11) is 0. The van der Waals surface area contributed by atoms with Gasteiger partial charge in [-0.05, 0) is 30.0 Å². The number of piperidine rings is 1. The highest BCUT2D eigenvalue weighted by Gasteiger charge is 2.24. The number of fused-ring (bicyclic) bond motifs is 1. The minimum absolute atomic E-state index is 0.489. The standard InChI is InChI=1S/C20H25N5/c1-16-11-18(15-24(13-16)14-17-7-3-2-4-8-17)21-12-20-23-22-19-9-5-6-10-25(19)20/h2-10,16,18,21H,11-15H2,1H3/t16-,18+/m0/s1. The van der Waals surface area contributed by atoms with Crippen LogP contribution in [0.15, 0.2) is 54.7 Å². The van der Waals surface area contributed by atoms with Crippen LogP contribution in [0.3, 0.4) is 0 Å². The molecule has 0 aliphatic carbocycles. The molecule has 3 heterocycles. The molecule has 4 rings (SSSR count). The number of nitrogens with zero attached hydrogens (tertiary/aromatic N) is 4. The van der Waals surface area contributed by atoms with Gasteiger partial charge in [0.2, 0.25) is 0 Å². The third-order valence-corrected chi connectivity index (χ3v) is 4.92. The predicted molar refractivity (Wildman–Crippen MR) is 99.1 cm³/mol. The fourth-order valence-corrected chi connectivity index (χ4v) is 3.83. The lowest BCUT2D eigenvalue weighted by molar-refractivity contribution is 0.141. The Hall–Kier alpha value is -2.24. The lowest BCUT2D eigenvalue weighted by Crippen LogP contribution is -2.48. The Morgan fingerprint density at radius 2 is 1.88 bits per heavy atom. The maximum atomic E-state index is 4.32. The molecule has 0 unspecified atom stereocenters. The summed E-state index contributed by atoms with van der Waals surface area (Å²) in [5.41, 5.74) is 2.29. The summed E-state index contributed by atoms with van der Waals surface area (Å²) in [6, 6.07) is 17.2. The van der Waals surface area contributed by atoms with E-state index in [0.717, 1.165) is 31.1 Å². The number of rotatable bonds is 5. The third-order valence-electron chi connectivity index (χ3n) is 4.92. The monoisotopic (exact) mass is 335 g/mol. The molecule has 3 aromatic rings. The molecule has 2 atom stereocenters. The van der Waals surface area contributed by atoms with E-state index in [1.807, 2.05) is 24.4 Å². The summed E-state index contributed by atoms with van der Waals surface area (Å²) < 4.78 is 2.06. The van der Waals surface area contributed by atoms with Gasteiger partial charge in [0.15, 0.2) is 11.5 Å². The van der Waals surface area contributed by atoms with E-state index in [1.165, 1.54) is 18.5 Å². The van der Waals surface area contributed by atoms with Crippen LogP contribution >= 0.6 is 0 Å². The van der Waals surface area contributed by atoms with Gasteiger partial charge < -0.3 is 5.32 Å². The van der Waals surface area contributed by atoms with E-state index >= 15 is 0 Å². The van der Waals surface area contributed by atoms with Gasteiger partial charge in [0.1, 0.15) is 0 Å². The maximum Gasteiger partial charge on any atom is 0.160 e. The van der Waals surface area contributed by atoms with E-state index in [-0.39, 0.29) is 0 Å². The largest absolute Gasteiger partial charge is 0.306 e. The van der Waals surface area contributed by atoms with Gasteiger partial charge >= 0.3 is 0 Å². The number of nitrogens with one attached hydrogen (secondary N) is 1. The van der Waals surface area contributed by atoms with Crippen LogP contribution < -0.4 is 5.32 Å². The third kappa shape index (κ3) is 3.89. The average molecular weight is 335 g/mol. The van der Waals surface area contributed by atoms with Crippen molar-refractivity contribution in [3.8, 4) is 0 Å². The Morgan fingerprint density at radius 1 is 1.04 bits per heavy atom. The van der Waals surface area contributed by atoms with Gasteiger partial charge in [0, 0.05) is 31.9 Å². The molecule has 0 spiro atoms. The second-order valence-electron chi connectivity index (χ2n) is 7.14. The van der Waals surface area contributed by atoms with Crippen molar-refractivity contribution in [3.05, 3.63) is 66.1 Å². The lowest BCUT2D eigenvalue weighted by atomic mass is 9.95. The zero-order valence-corrected chi connectivity index (χ0v) is 14.7. The molecular weight excluding hydrogens is 310 g/mol. The Balaban J connectivity index is 1.38. The zero-order valence-electron chi connectivity index (χ0n) is 14.7. The number of pyridine rings is 1. The van der Waals surface area contributed by atoms with Crippen LogP contribution in [0, 0.1) is 5.92 Å². The highest BCUT2D eigenvalue weighted by Crippen LogP contribution is 2.19. The van der Waals surface area contributed by atoms with Crippen LogP contribution in [-0.2, 0) is 13.1 Å². The fraction of sp³-hybridized carbons (Fsp3) is 0.400. The van der Waals surface area contributed by atoms with Crippen LogP contribution in [0.25, 0.3) is 5.65 Å².